The lowest BCUT2D eigenvalue weighted by atomic mass is 9.60. The molecule has 2 fully saturated rings. The Kier molecular flexibility index (Phi) is 9.13. The van der Waals surface area contributed by atoms with Gasteiger partial charge in [-0.3, -0.25) is 0 Å². The van der Waals surface area contributed by atoms with Gasteiger partial charge in [0.05, 0.1) is 0 Å². The van der Waals surface area contributed by atoms with Gasteiger partial charge < -0.3 is 4.43 Å². The average molecular weight is 581 g/mol. The molecule has 1 heterocycles. The molecule has 39 heavy (non-hydrogen) atoms. The van der Waals surface area contributed by atoms with Crippen molar-refractivity contribution in [1.29, 1.82) is 0 Å². The molecule has 0 aromatic heterocycles. The van der Waals surface area contributed by atoms with E-state index in [1.807, 2.05) is 6.08 Å². The molecule has 0 bridgehead atoms. The second-order valence-corrected chi connectivity index (χ2v) is 22.6. The predicted octanol–water partition coefficient (Wildman–Crippen LogP) is 9.56. The number of alkyl halides is 1. The first-order valence-corrected chi connectivity index (χ1v) is 20.5. The molecule has 224 valence electrons. The second-order valence-electron chi connectivity index (χ2n) is 15.8. The van der Waals surface area contributed by atoms with Gasteiger partial charge in [0.1, 0.15) is 5.25 Å². The van der Waals surface area contributed by atoms with Crippen molar-refractivity contribution in [2.75, 3.05) is 0 Å². The van der Waals surface area contributed by atoms with Crippen molar-refractivity contribution in [2.45, 2.75) is 154 Å². The maximum atomic E-state index is 15.5. The minimum Gasteiger partial charge on any atom is -0.414 e. The van der Waals surface area contributed by atoms with Crippen molar-refractivity contribution in [2.24, 2.45) is 29.1 Å². The van der Waals surface area contributed by atoms with Crippen LogP contribution >= 0.6 is 0 Å². The number of allylic oxidation sites excluding steroid dienone is 1. The SMILES string of the molecule is CC(C)CCC[C@@H](C)[C@H]1CC[C@H]2/C(=C/[C@@H]3C4=C(CC[C@H](O[Si](C)(C)C(C)(C)C)C4)[C@@H](F)S3(=O)=O)CCC[C@]12C. The van der Waals surface area contributed by atoms with Gasteiger partial charge in [-0.15, -0.1) is 0 Å². The fraction of sp³-hybridized carbons (Fsp3) is 0.879. The van der Waals surface area contributed by atoms with E-state index in [4.69, 9.17) is 4.43 Å². The molecular formula is C33H57FO3SSi. The van der Waals surface area contributed by atoms with Gasteiger partial charge in [0.15, 0.2) is 18.2 Å². The third-order valence-corrected chi connectivity index (χ3v) is 18.2. The molecule has 0 spiro atoms. The highest BCUT2D eigenvalue weighted by atomic mass is 32.2. The molecular weight excluding hydrogens is 524 g/mol. The summed E-state index contributed by atoms with van der Waals surface area (Å²) in [6, 6.07) is 0. The molecule has 0 aromatic rings. The first kappa shape index (κ1) is 31.5. The molecule has 1 aliphatic heterocycles. The van der Waals surface area contributed by atoms with Crippen molar-refractivity contribution >= 4 is 18.2 Å². The average Bonchev–Trinajstić information content (AvgIpc) is 3.26. The lowest BCUT2D eigenvalue weighted by Crippen LogP contribution is -2.44. The molecule has 3 aliphatic carbocycles. The van der Waals surface area contributed by atoms with E-state index in [2.05, 4.69) is 61.6 Å². The molecule has 0 saturated heterocycles. The van der Waals surface area contributed by atoms with E-state index in [9.17, 15) is 8.42 Å². The predicted molar refractivity (Wildman–Crippen MR) is 165 cm³/mol. The molecule has 0 radical (unpaired) electrons. The fourth-order valence-corrected chi connectivity index (χ4v) is 11.7. The number of hydrogen-bond donors (Lipinski definition) is 0. The second kappa shape index (κ2) is 11.3. The Hall–Kier alpha value is -0.463. The van der Waals surface area contributed by atoms with Gasteiger partial charge in [0.2, 0.25) is 5.50 Å². The number of rotatable bonds is 8. The monoisotopic (exact) mass is 580 g/mol. The quantitative estimate of drug-likeness (QED) is 0.212. The molecule has 0 unspecified atom stereocenters. The first-order chi connectivity index (χ1) is 18.0. The molecule has 6 heteroatoms. The van der Waals surface area contributed by atoms with Crippen molar-refractivity contribution in [1.82, 2.24) is 0 Å². The van der Waals surface area contributed by atoms with Crippen molar-refractivity contribution in [3.8, 4) is 0 Å². The van der Waals surface area contributed by atoms with Gasteiger partial charge in [0.25, 0.3) is 0 Å². The van der Waals surface area contributed by atoms with Gasteiger partial charge in [-0.1, -0.05) is 79.4 Å². The summed E-state index contributed by atoms with van der Waals surface area (Å²) >= 11 is 0. The van der Waals surface area contributed by atoms with Gasteiger partial charge in [-0.25, -0.2) is 12.8 Å². The Labute approximate surface area is 240 Å². The van der Waals surface area contributed by atoms with Crippen LogP contribution in [0.3, 0.4) is 0 Å². The number of fused-ring (bicyclic) bond motifs is 1. The Balaban J connectivity index is 1.57. The van der Waals surface area contributed by atoms with Gasteiger partial charge in [0, 0.05) is 6.10 Å². The van der Waals surface area contributed by atoms with Gasteiger partial charge >= 0.3 is 0 Å². The van der Waals surface area contributed by atoms with Crippen LogP contribution in [0.25, 0.3) is 0 Å². The summed E-state index contributed by atoms with van der Waals surface area (Å²) in [7, 11) is -5.90. The summed E-state index contributed by atoms with van der Waals surface area (Å²) < 4.78 is 49.2. The normalized spacial score (nSPS) is 36.9. The highest BCUT2D eigenvalue weighted by molar-refractivity contribution is 7.93. The molecule has 4 aliphatic rings. The maximum Gasteiger partial charge on any atom is 0.223 e. The summed E-state index contributed by atoms with van der Waals surface area (Å²) in [5.41, 5.74) is 1.08. The van der Waals surface area contributed by atoms with Crippen molar-refractivity contribution < 1.29 is 17.2 Å². The Morgan fingerprint density at radius 1 is 1.08 bits per heavy atom. The Morgan fingerprint density at radius 3 is 2.41 bits per heavy atom. The Bertz CT molecular complexity index is 1070. The van der Waals surface area contributed by atoms with Crippen LogP contribution in [0.15, 0.2) is 22.8 Å². The summed E-state index contributed by atoms with van der Waals surface area (Å²) in [6.07, 6.45) is 13.4. The van der Waals surface area contributed by atoms with Crippen LogP contribution in [-0.2, 0) is 14.3 Å². The van der Waals surface area contributed by atoms with Crippen LogP contribution in [0.5, 0.6) is 0 Å². The molecule has 7 atom stereocenters. The Morgan fingerprint density at radius 2 is 1.77 bits per heavy atom. The summed E-state index contributed by atoms with van der Waals surface area (Å²) in [5, 5.41) is -0.710. The van der Waals surface area contributed by atoms with Crippen LogP contribution < -0.4 is 0 Å². The van der Waals surface area contributed by atoms with Crippen LogP contribution in [0, 0.1) is 29.1 Å². The van der Waals surface area contributed by atoms with E-state index < -0.39 is 28.9 Å². The van der Waals surface area contributed by atoms with Crippen molar-refractivity contribution in [3.05, 3.63) is 22.8 Å². The zero-order valence-electron chi connectivity index (χ0n) is 26.4. The molecule has 3 nitrogen and oxygen atoms in total. The molecule has 0 N–H and O–H groups in total. The van der Waals surface area contributed by atoms with E-state index in [1.165, 1.54) is 37.7 Å². The topological polar surface area (TPSA) is 43.4 Å². The van der Waals surface area contributed by atoms with Crippen LogP contribution in [0.2, 0.25) is 18.1 Å². The standard InChI is InChI=1S/C33H57FO3SSi/c1-22(2)12-10-13-23(3)28-17-18-29-24(14-11-19-33(28,29)7)20-30-27-21-25(37-39(8,9)32(4,5)6)15-16-26(27)31(34)38(30,35)36/h20,22-23,25,28-31H,10-19,21H2,1-9H3/b24-20+/t23-,25+,28-,29+,30-,31+,33-/m1/s1. The van der Waals surface area contributed by atoms with Crippen LogP contribution in [0.4, 0.5) is 4.39 Å². The third-order valence-electron chi connectivity index (χ3n) is 11.7. The first-order valence-electron chi connectivity index (χ1n) is 16.0. The molecule has 0 amide bonds. The molecule has 2 saturated carbocycles. The zero-order chi connectivity index (χ0) is 29.0. The van der Waals surface area contributed by atoms with E-state index in [-0.39, 0.29) is 16.6 Å². The van der Waals surface area contributed by atoms with E-state index in [0.717, 1.165) is 37.2 Å². The van der Waals surface area contributed by atoms with Crippen LogP contribution in [0.1, 0.15) is 119 Å². The van der Waals surface area contributed by atoms with Gasteiger partial charge in [-0.05, 0) is 110 Å². The summed E-state index contributed by atoms with van der Waals surface area (Å²) in [4.78, 5) is 0. The smallest absolute Gasteiger partial charge is 0.223 e. The molecule has 4 rings (SSSR count). The zero-order valence-corrected chi connectivity index (χ0v) is 28.2. The minimum absolute atomic E-state index is 0.00906. The van der Waals surface area contributed by atoms with Crippen LogP contribution in [-0.4, -0.2) is 33.6 Å². The summed E-state index contributed by atoms with van der Waals surface area (Å²) in [6.45, 7) is 20.8. The van der Waals surface area contributed by atoms with E-state index >= 15 is 4.39 Å². The number of hydrogen-bond acceptors (Lipinski definition) is 3. The number of sulfone groups is 1. The molecule has 0 aromatic carbocycles. The van der Waals surface area contributed by atoms with Crippen molar-refractivity contribution in [3.63, 3.8) is 0 Å². The minimum atomic E-state index is -3.90. The lowest BCUT2D eigenvalue weighted by Gasteiger charge is -2.45. The third kappa shape index (κ3) is 6.05. The largest absolute Gasteiger partial charge is 0.414 e. The number of halogens is 1. The fourth-order valence-electron chi connectivity index (χ4n) is 8.39. The lowest BCUT2D eigenvalue weighted by molar-refractivity contribution is 0.0926. The highest BCUT2D eigenvalue weighted by Crippen LogP contribution is 2.60. The van der Waals surface area contributed by atoms with Gasteiger partial charge in [-0.2, -0.15) is 0 Å². The maximum absolute atomic E-state index is 15.5. The summed E-state index contributed by atoms with van der Waals surface area (Å²) in [5.74, 6) is 2.58. The van der Waals surface area contributed by atoms with E-state index in [1.54, 1.807) is 0 Å². The van der Waals surface area contributed by atoms with E-state index in [0.29, 0.717) is 36.2 Å². The highest BCUT2D eigenvalue weighted by Gasteiger charge is 2.53.